The summed E-state index contributed by atoms with van der Waals surface area (Å²) >= 11 is 1.59. The average molecular weight is 286 g/mol. The number of benzene rings is 1. The van der Waals surface area contributed by atoms with Gasteiger partial charge >= 0.3 is 0 Å². The van der Waals surface area contributed by atoms with Crippen LogP contribution in [0.5, 0.6) is 5.75 Å². The molecule has 3 N–H and O–H groups in total. The number of nitrogens with one attached hydrogen (secondary N) is 1. The van der Waals surface area contributed by atoms with Gasteiger partial charge in [-0.15, -0.1) is 11.3 Å². The highest BCUT2D eigenvalue weighted by atomic mass is 32.1. The second-order valence-electron chi connectivity index (χ2n) is 4.31. The first kappa shape index (κ1) is 12.7. The number of nitrogens with zero attached hydrogens (tertiary/aromatic N) is 2. The van der Waals surface area contributed by atoms with Crippen molar-refractivity contribution in [2.75, 3.05) is 12.8 Å². The first-order valence-corrected chi connectivity index (χ1v) is 6.98. The molecule has 1 aromatic carbocycles. The van der Waals surface area contributed by atoms with Crippen molar-refractivity contribution in [3.8, 4) is 28.3 Å². The Kier molecular flexibility index (Phi) is 3.15. The smallest absolute Gasteiger partial charge is 0.153 e. The molecule has 3 aromatic rings. The predicted octanol–water partition coefficient (Wildman–Crippen LogP) is 3.10. The lowest BCUT2D eigenvalue weighted by atomic mass is 10.0. The third-order valence-corrected chi connectivity index (χ3v) is 3.82. The normalized spacial score (nSPS) is 10.7. The van der Waals surface area contributed by atoms with Gasteiger partial charge in [0.05, 0.1) is 29.1 Å². The number of anilines is 1. The summed E-state index contributed by atoms with van der Waals surface area (Å²) in [5.74, 6) is 1.20. The number of rotatable bonds is 3. The van der Waals surface area contributed by atoms with Crippen molar-refractivity contribution in [1.82, 2.24) is 15.2 Å². The summed E-state index contributed by atoms with van der Waals surface area (Å²) < 4.78 is 5.41. The fourth-order valence-corrected chi connectivity index (χ4v) is 2.75. The Bertz CT molecular complexity index is 747. The van der Waals surface area contributed by atoms with E-state index in [1.54, 1.807) is 18.4 Å². The number of ether oxygens (including phenoxy) is 1. The fourth-order valence-electron chi connectivity index (χ4n) is 2.14. The Morgan fingerprint density at radius 1 is 1.30 bits per heavy atom. The summed E-state index contributed by atoms with van der Waals surface area (Å²) in [6.07, 6.45) is 0. The van der Waals surface area contributed by atoms with Crippen LogP contribution in [-0.4, -0.2) is 22.3 Å². The molecule has 0 saturated carbocycles. The zero-order valence-electron chi connectivity index (χ0n) is 11.2. The van der Waals surface area contributed by atoms with Gasteiger partial charge in [-0.05, 0) is 13.0 Å². The Labute approximate surface area is 120 Å². The van der Waals surface area contributed by atoms with Crippen molar-refractivity contribution in [2.45, 2.75) is 6.92 Å². The van der Waals surface area contributed by atoms with Crippen molar-refractivity contribution in [1.29, 1.82) is 0 Å². The molecule has 2 aromatic heterocycles. The molecule has 0 bridgehead atoms. The van der Waals surface area contributed by atoms with E-state index in [0.29, 0.717) is 5.82 Å². The maximum absolute atomic E-state index is 6.02. The monoisotopic (exact) mass is 286 g/mol. The van der Waals surface area contributed by atoms with Gasteiger partial charge in [-0.1, -0.05) is 18.2 Å². The van der Waals surface area contributed by atoms with Gasteiger partial charge in [0, 0.05) is 10.9 Å². The number of aromatic nitrogens is 3. The van der Waals surface area contributed by atoms with Crippen molar-refractivity contribution in [2.24, 2.45) is 0 Å². The molecule has 6 heteroatoms. The van der Waals surface area contributed by atoms with E-state index in [1.165, 1.54) is 0 Å². The topological polar surface area (TPSA) is 76.8 Å². The molecule has 0 radical (unpaired) electrons. The molecule has 0 amide bonds. The Balaban J connectivity index is 2.21. The van der Waals surface area contributed by atoms with Crippen LogP contribution in [-0.2, 0) is 0 Å². The number of nitrogen functional groups attached to an aromatic ring is 1. The number of para-hydroxylation sites is 1. The van der Waals surface area contributed by atoms with E-state index in [-0.39, 0.29) is 0 Å². The summed E-state index contributed by atoms with van der Waals surface area (Å²) in [4.78, 5) is 4.49. The lowest BCUT2D eigenvalue weighted by molar-refractivity contribution is 0.416. The molecule has 0 aliphatic carbocycles. The molecule has 0 unspecified atom stereocenters. The minimum Gasteiger partial charge on any atom is -0.496 e. The number of hydrogen-bond donors (Lipinski definition) is 2. The van der Waals surface area contributed by atoms with Crippen LogP contribution in [0.4, 0.5) is 5.82 Å². The van der Waals surface area contributed by atoms with Crippen LogP contribution in [0.3, 0.4) is 0 Å². The second kappa shape index (κ2) is 4.97. The third-order valence-electron chi connectivity index (χ3n) is 3.05. The van der Waals surface area contributed by atoms with Crippen molar-refractivity contribution < 1.29 is 4.74 Å². The number of aryl methyl sites for hydroxylation is 1. The molecule has 0 fully saturated rings. The third kappa shape index (κ3) is 2.04. The van der Waals surface area contributed by atoms with E-state index in [1.807, 2.05) is 36.6 Å². The van der Waals surface area contributed by atoms with E-state index in [2.05, 4.69) is 15.2 Å². The first-order valence-electron chi connectivity index (χ1n) is 6.10. The predicted molar refractivity (Wildman–Crippen MR) is 80.8 cm³/mol. The molecule has 0 spiro atoms. The van der Waals surface area contributed by atoms with Crippen molar-refractivity contribution in [3.63, 3.8) is 0 Å². The molecular formula is C14H14N4OS. The molecule has 20 heavy (non-hydrogen) atoms. The van der Waals surface area contributed by atoms with Crippen LogP contribution in [0.2, 0.25) is 0 Å². The molecule has 2 heterocycles. The maximum Gasteiger partial charge on any atom is 0.153 e. The summed E-state index contributed by atoms with van der Waals surface area (Å²) in [7, 11) is 1.64. The Morgan fingerprint density at radius 2 is 2.10 bits per heavy atom. The summed E-state index contributed by atoms with van der Waals surface area (Å²) in [6, 6.07) is 7.73. The van der Waals surface area contributed by atoms with Gasteiger partial charge in [-0.25, -0.2) is 4.98 Å². The molecule has 0 aliphatic rings. The minimum atomic E-state index is 0.440. The molecule has 3 rings (SSSR count). The number of H-pyrrole nitrogens is 1. The van der Waals surface area contributed by atoms with Crippen LogP contribution in [0.1, 0.15) is 5.01 Å². The van der Waals surface area contributed by atoms with Crippen LogP contribution in [0.25, 0.3) is 22.5 Å². The summed E-state index contributed by atoms with van der Waals surface area (Å²) in [6.45, 7) is 1.97. The molecule has 0 atom stereocenters. The molecular weight excluding hydrogens is 272 g/mol. The molecule has 102 valence electrons. The average Bonchev–Trinajstić information content (AvgIpc) is 3.04. The zero-order chi connectivity index (χ0) is 14.1. The SMILES string of the molecule is COc1ccccc1-c1c(N)n[nH]c1-c1csc(C)n1. The highest BCUT2D eigenvalue weighted by Gasteiger charge is 2.19. The highest BCUT2D eigenvalue weighted by Crippen LogP contribution is 2.39. The maximum atomic E-state index is 6.02. The van der Waals surface area contributed by atoms with E-state index >= 15 is 0 Å². The van der Waals surface area contributed by atoms with Crippen LogP contribution in [0.15, 0.2) is 29.6 Å². The first-order chi connectivity index (χ1) is 9.70. The van der Waals surface area contributed by atoms with Crippen LogP contribution >= 0.6 is 11.3 Å². The van der Waals surface area contributed by atoms with Crippen LogP contribution in [0, 0.1) is 6.92 Å². The number of thiazole rings is 1. The molecule has 0 aliphatic heterocycles. The Hall–Kier alpha value is -2.34. The van der Waals surface area contributed by atoms with Gasteiger partial charge in [0.15, 0.2) is 5.82 Å². The number of methoxy groups -OCH3 is 1. The van der Waals surface area contributed by atoms with Crippen LogP contribution < -0.4 is 10.5 Å². The van der Waals surface area contributed by atoms with Gasteiger partial charge in [-0.3, -0.25) is 5.10 Å². The van der Waals surface area contributed by atoms with E-state index in [9.17, 15) is 0 Å². The van der Waals surface area contributed by atoms with E-state index in [4.69, 9.17) is 10.5 Å². The summed E-state index contributed by atoms with van der Waals surface area (Å²) in [5, 5.41) is 10.1. The molecule has 5 nitrogen and oxygen atoms in total. The Morgan fingerprint density at radius 3 is 2.80 bits per heavy atom. The highest BCUT2D eigenvalue weighted by molar-refractivity contribution is 7.09. The van der Waals surface area contributed by atoms with Gasteiger partial charge in [0.1, 0.15) is 5.75 Å². The zero-order valence-corrected chi connectivity index (χ0v) is 12.0. The van der Waals surface area contributed by atoms with E-state index < -0.39 is 0 Å². The second-order valence-corrected chi connectivity index (χ2v) is 5.37. The van der Waals surface area contributed by atoms with E-state index in [0.717, 1.165) is 33.3 Å². The number of aromatic amines is 1. The van der Waals surface area contributed by atoms with Gasteiger partial charge < -0.3 is 10.5 Å². The summed E-state index contributed by atoms with van der Waals surface area (Å²) in [5.41, 5.74) is 9.41. The lowest BCUT2D eigenvalue weighted by Crippen LogP contribution is -1.92. The number of hydrogen-bond acceptors (Lipinski definition) is 5. The standard InChI is InChI=1S/C14H14N4OS/c1-8-16-10(7-20-8)13-12(14(15)18-17-13)9-5-3-4-6-11(9)19-2/h3-7H,1-2H3,(H3,15,17,18). The van der Waals surface area contributed by atoms with Crippen molar-refractivity contribution >= 4 is 17.2 Å². The van der Waals surface area contributed by atoms with Gasteiger partial charge in [0.2, 0.25) is 0 Å². The largest absolute Gasteiger partial charge is 0.496 e. The molecule has 0 saturated heterocycles. The van der Waals surface area contributed by atoms with Gasteiger partial charge in [0.25, 0.3) is 0 Å². The number of nitrogens with two attached hydrogens (primary N) is 1. The quantitative estimate of drug-likeness (QED) is 0.775. The minimum absolute atomic E-state index is 0.440. The lowest BCUT2D eigenvalue weighted by Gasteiger charge is -2.08. The van der Waals surface area contributed by atoms with Crippen molar-refractivity contribution in [3.05, 3.63) is 34.7 Å². The fraction of sp³-hybridized carbons (Fsp3) is 0.143. The van der Waals surface area contributed by atoms with Gasteiger partial charge in [-0.2, -0.15) is 5.10 Å².